The number of rotatable bonds is 6. The smallest absolute Gasteiger partial charge is 0.387 e. The van der Waals surface area contributed by atoms with E-state index in [1.165, 1.54) is 31.2 Å². The van der Waals surface area contributed by atoms with Crippen LogP contribution < -0.4 is 4.74 Å². The first-order valence-electron chi connectivity index (χ1n) is 7.68. The highest BCUT2D eigenvalue weighted by Gasteiger charge is 2.22. The lowest BCUT2D eigenvalue weighted by molar-refractivity contribution is -0.0506. The van der Waals surface area contributed by atoms with Crippen LogP contribution in [0.1, 0.15) is 29.3 Å². The SMILES string of the molecule is CC(OC(=O)c1ccccc1OC(F)F)c1nnc(-c2ccccc2)o1. The van der Waals surface area contributed by atoms with Crippen molar-refractivity contribution in [3.8, 4) is 17.2 Å². The fraction of sp³-hybridized carbons (Fsp3) is 0.167. The third kappa shape index (κ3) is 4.02. The minimum Gasteiger partial charge on any atom is -0.449 e. The van der Waals surface area contributed by atoms with E-state index >= 15 is 0 Å². The number of alkyl halides is 2. The molecule has 0 fully saturated rings. The third-order valence-electron chi connectivity index (χ3n) is 3.42. The zero-order valence-corrected chi connectivity index (χ0v) is 13.6. The molecule has 0 aliphatic heterocycles. The topological polar surface area (TPSA) is 74.5 Å². The molecule has 1 atom stereocenters. The number of carbonyl (C=O) groups excluding carboxylic acids is 1. The van der Waals surface area contributed by atoms with Gasteiger partial charge in [0.1, 0.15) is 11.3 Å². The first-order chi connectivity index (χ1) is 12.5. The number of aromatic nitrogens is 2. The Labute approximate surface area is 147 Å². The van der Waals surface area contributed by atoms with Gasteiger partial charge in [0.25, 0.3) is 5.89 Å². The highest BCUT2D eigenvalue weighted by atomic mass is 19.3. The number of ether oxygens (including phenoxy) is 2. The fourth-order valence-corrected chi connectivity index (χ4v) is 2.20. The minimum atomic E-state index is -3.05. The van der Waals surface area contributed by atoms with E-state index < -0.39 is 18.7 Å². The van der Waals surface area contributed by atoms with Crippen LogP contribution in [0, 0.1) is 0 Å². The molecule has 0 aliphatic carbocycles. The first-order valence-corrected chi connectivity index (χ1v) is 7.68. The van der Waals surface area contributed by atoms with Crippen LogP contribution in [-0.2, 0) is 4.74 Å². The molecule has 3 rings (SSSR count). The van der Waals surface area contributed by atoms with Crippen LogP contribution in [-0.4, -0.2) is 22.8 Å². The Hall–Kier alpha value is -3.29. The molecule has 0 saturated carbocycles. The minimum absolute atomic E-state index is 0.0875. The Kier molecular flexibility index (Phi) is 5.21. The summed E-state index contributed by atoms with van der Waals surface area (Å²) in [5.41, 5.74) is 0.600. The van der Waals surface area contributed by atoms with Gasteiger partial charge in [0.15, 0.2) is 6.10 Å². The monoisotopic (exact) mass is 360 g/mol. The van der Waals surface area contributed by atoms with Crippen molar-refractivity contribution in [3.05, 3.63) is 66.1 Å². The molecule has 0 bridgehead atoms. The molecule has 0 aliphatic rings. The van der Waals surface area contributed by atoms with Crippen LogP contribution in [0.3, 0.4) is 0 Å². The summed E-state index contributed by atoms with van der Waals surface area (Å²) in [6.07, 6.45) is -0.868. The highest BCUT2D eigenvalue weighted by molar-refractivity contribution is 5.92. The average molecular weight is 360 g/mol. The second-order valence-corrected chi connectivity index (χ2v) is 5.23. The highest BCUT2D eigenvalue weighted by Crippen LogP contribution is 2.26. The van der Waals surface area contributed by atoms with Crippen LogP contribution >= 0.6 is 0 Å². The van der Waals surface area contributed by atoms with Crippen molar-refractivity contribution in [2.75, 3.05) is 0 Å². The number of nitrogens with zero attached hydrogens (tertiary/aromatic N) is 2. The zero-order chi connectivity index (χ0) is 18.5. The maximum atomic E-state index is 12.4. The van der Waals surface area contributed by atoms with Gasteiger partial charge in [-0.05, 0) is 31.2 Å². The maximum Gasteiger partial charge on any atom is 0.387 e. The summed E-state index contributed by atoms with van der Waals surface area (Å²) in [5, 5.41) is 7.78. The molecule has 2 aromatic carbocycles. The Morgan fingerprint density at radius 3 is 2.46 bits per heavy atom. The summed E-state index contributed by atoms with van der Waals surface area (Å²) in [5.74, 6) is -0.738. The second kappa shape index (κ2) is 7.73. The van der Waals surface area contributed by atoms with E-state index in [4.69, 9.17) is 9.15 Å². The van der Waals surface area contributed by atoms with Crippen LogP contribution in [0.15, 0.2) is 59.0 Å². The average Bonchev–Trinajstić information content (AvgIpc) is 3.12. The molecule has 0 saturated heterocycles. The number of hydrogen-bond donors (Lipinski definition) is 0. The van der Waals surface area contributed by atoms with Gasteiger partial charge in [0.05, 0.1) is 0 Å². The van der Waals surface area contributed by atoms with Crippen LogP contribution in [0.4, 0.5) is 8.78 Å². The predicted octanol–water partition coefficient (Wildman–Crippen LogP) is 4.26. The Bertz CT molecular complexity index is 884. The van der Waals surface area contributed by atoms with Gasteiger partial charge in [0, 0.05) is 5.56 Å². The number of halogens is 2. The van der Waals surface area contributed by atoms with Gasteiger partial charge in [-0.15, -0.1) is 10.2 Å². The second-order valence-electron chi connectivity index (χ2n) is 5.23. The summed E-state index contributed by atoms with van der Waals surface area (Å²) in [4.78, 5) is 12.3. The van der Waals surface area contributed by atoms with Crippen molar-refractivity contribution in [2.24, 2.45) is 0 Å². The largest absolute Gasteiger partial charge is 0.449 e. The normalized spacial score (nSPS) is 12.0. The Morgan fingerprint density at radius 1 is 1.04 bits per heavy atom. The van der Waals surface area contributed by atoms with Crippen LogP contribution in [0.25, 0.3) is 11.5 Å². The molecule has 0 radical (unpaired) electrons. The van der Waals surface area contributed by atoms with Gasteiger partial charge < -0.3 is 13.9 Å². The molecule has 8 heteroatoms. The summed E-state index contributed by atoms with van der Waals surface area (Å²) in [6, 6.07) is 14.7. The molecule has 1 heterocycles. The van der Waals surface area contributed by atoms with Gasteiger partial charge in [-0.1, -0.05) is 30.3 Å². The van der Waals surface area contributed by atoms with Crippen LogP contribution in [0.2, 0.25) is 0 Å². The van der Waals surface area contributed by atoms with E-state index in [0.717, 1.165) is 5.56 Å². The van der Waals surface area contributed by atoms with E-state index in [1.807, 2.05) is 18.2 Å². The lowest BCUT2D eigenvalue weighted by Crippen LogP contribution is -2.12. The molecular formula is C18H14F2N2O4. The van der Waals surface area contributed by atoms with E-state index in [-0.39, 0.29) is 23.1 Å². The van der Waals surface area contributed by atoms with E-state index in [9.17, 15) is 13.6 Å². The van der Waals surface area contributed by atoms with Gasteiger partial charge in [-0.25, -0.2) is 4.79 Å². The predicted molar refractivity (Wildman–Crippen MR) is 86.6 cm³/mol. The molecule has 3 aromatic rings. The lowest BCUT2D eigenvalue weighted by atomic mass is 10.2. The van der Waals surface area contributed by atoms with Crippen molar-refractivity contribution >= 4 is 5.97 Å². The Morgan fingerprint density at radius 2 is 1.73 bits per heavy atom. The standard InChI is InChI=1S/C18H14F2N2O4/c1-11(15-21-22-16(26-15)12-7-3-2-4-8-12)24-17(23)13-9-5-6-10-14(13)25-18(19)20/h2-11,18H,1H3. The van der Waals surface area contributed by atoms with Gasteiger partial charge in [0.2, 0.25) is 5.89 Å². The van der Waals surface area contributed by atoms with Crippen molar-refractivity contribution in [1.82, 2.24) is 10.2 Å². The number of esters is 1. The Balaban J connectivity index is 1.73. The molecule has 0 spiro atoms. The summed E-state index contributed by atoms with van der Waals surface area (Å²) >= 11 is 0. The van der Waals surface area contributed by atoms with E-state index in [0.29, 0.717) is 0 Å². The first kappa shape index (κ1) is 17.5. The molecule has 1 unspecified atom stereocenters. The van der Waals surface area contributed by atoms with Crippen molar-refractivity contribution in [1.29, 1.82) is 0 Å². The third-order valence-corrected chi connectivity index (χ3v) is 3.42. The van der Waals surface area contributed by atoms with Crippen LogP contribution in [0.5, 0.6) is 5.75 Å². The van der Waals surface area contributed by atoms with Gasteiger partial charge in [-0.2, -0.15) is 8.78 Å². The van der Waals surface area contributed by atoms with Crippen molar-refractivity contribution in [2.45, 2.75) is 19.6 Å². The number of benzene rings is 2. The fourth-order valence-electron chi connectivity index (χ4n) is 2.20. The van der Waals surface area contributed by atoms with E-state index in [1.54, 1.807) is 12.1 Å². The summed E-state index contributed by atoms with van der Waals surface area (Å²) in [7, 11) is 0. The zero-order valence-electron chi connectivity index (χ0n) is 13.6. The quantitative estimate of drug-likeness (QED) is 0.612. The lowest BCUT2D eigenvalue weighted by Gasteiger charge is -2.12. The number of hydrogen-bond acceptors (Lipinski definition) is 6. The maximum absolute atomic E-state index is 12.4. The molecule has 1 aromatic heterocycles. The number of carbonyl (C=O) groups is 1. The molecule has 6 nitrogen and oxygen atoms in total. The number of para-hydroxylation sites is 1. The van der Waals surface area contributed by atoms with Crippen molar-refractivity contribution in [3.63, 3.8) is 0 Å². The van der Waals surface area contributed by atoms with Crippen molar-refractivity contribution < 1.29 is 27.5 Å². The summed E-state index contributed by atoms with van der Waals surface area (Å²) in [6.45, 7) is -1.51. The van der Waals surface area contributed by atoms with E-state index in [2.05, 4.69) is 14.9 Å². The van der Waals surface area contributed by atoms with Gasteiger partial charge in [-0.3, -0.25) is 0 Å². The molecule has 0 N–H and O–H groups in total. The van der Waals surface area contributed by atoms with Gasteiger partial charge >= 0.3 is 12.6 Å². The molecule has 26 heavy (non-hydrogen) atoms. The summed E-state index contributed by atoms with van der Waals surface area (Å²) < 4.78 is 40.0. The molecular weight excluding hydrogens is 346 g/mol. The molecule has 134 valence electrons. The molecule has 0 amide bonds.